The minimum Gasteiger partial charge on any atom is -0.497 e. The van der Waals surface area contributed by atoms with Gasteiger partial charge in [-0.1, -0.05) is 44.2 Å². The van der Waals surface area contributed by atoms with Crippen LogP contribution in [0.2, 0.25) is 0 Å². The van der Waals surface area contributed by atoms with Gasteiger partial charge in [-0.25, -0.2) is 0 Å². The van der Waals surface area contributed by atoms with Crippen molar-refractivity contribution in [2.45, 2.75) is 39.8 Å². The van der Waals surface area contributed by atoms with Crippen LogP contribution in [0.3, 0.4) is 0 Å². The normalized spacial score (nSPS) is 15.8. The molecule has 1 atom stereocenters. The number of benzene rings is 2. The third-order valence-corrected chi connectivity index (χ3v) is 6.07. The van der Waals surface area contributed by atoms with Crippen LogP contribution in [0.1, 0.15) is 41.8 Å². The maximum absolute atomic E-state index is 13.4. The zero-order valence-corrected chi connectivity index (χ0v) is 19.6. The second-order valence-corrected chi connectivity index (χ2v) is 8.81. The molecule has 0 aliphatic carbocycles. The molecule has 6 heteroatoms. The maximum atomic E-state index is 13.4. The van der Waals surface area contributed by atoms with E-state index < -0.39 is 6.04 Å². The Balaban J connectivity index is 1.61. The van der Waals surface area contributed by atoms with Crippen molar-refractivity contribution in [3.8, 4) is 5.75 Å². The summed E-state index contributed by atoms with van der Waals surface area (Å²) in [5.41, 5.74) is 2.76. The molecule has 1 heterocycles. The van der Waals surface area contributed by atoms with Crippen molar-refractivity contribution >= 4 is 11.8 Å². The van der Waals surface area contributed by atoms with Gasteiger partial charge < -0.3 is 15.0 Å². The molecule has 1 N–H and O–H groups in total. The van der Waals surface area contributed by atoms with Gasteiger partial charge >= 0.3 is 0 Å². The Hall–Kier alpha value is -2.86. The van der Waals surface area contributed by atoms with Gasteiger partial charge in [0.25, 0.3) is 5.91 Å². The maximum Gasteiger partial charge on any atom is 0.252 e. The molecule has 0 saturated carbocycles. The Bertz CT molecular complexity index is 911. The van der Waals surface area contributed by atoms with Gasteiger partial charge in [0, 0.05) is 38.3 Å². The van der Waals surface area contributed by atoms with E-state index in [0.29, 0.717) is 18.7 Å². The van der Waals surface area contributed by atoms with E-state index in [0.717, 1.165) is 37.4 Å². The summed E-state index contributed by atoms with van der Waals surface area (Å²) in [4.78, 5) is 30.5. The second-order valence-electron chi connectivity index (χ2n) is 8.81. The third kappa shape index (κ3) is 6.10. The SMILES string of the molecule is COc1ccc(CN2CCCN(C(=O)C(NC(=O)c3ccccc3C)C(C)C)CC2)cc1. The molecule has 1 unspecified atom stereocenters. The van der Waals surface area contributed by atoms with Gasteiger partial charge in [0.2, 0.25) is 5.91 Å². The molecule has 172 valence electrons. The summed E-state index contributed by atoms with van der Waals surface area (Å²) >= 11 is 0. The molecule has 6 nitrogen and oxygen atoms in total. The predicted molar refractivity (Wildman–Crippen MR) is 127 cm³/mol. The largest absolute Gasteiger partial charge is 0.497 e. The number of rotatable bonds is 7. The van der Waals surface area contributed by atoms with Gasteiger partial charge in [-0.05, 0) is 48.6 Å². The lowest BCUT2D eigenvalue weighted by molar-refractivity contribution is -0.134. The molecule has 0 spiro atoms. The van der Waals surface area contributed by atoms with Crippen molar-refractivity contribution in [2.24, 2.45) is 5.92 Å². The van der Waals surface area contributed by atoms with Crippen LogP contribution in [0.5, 0.6) is 5.75 Å². The number of carbonyl (C=O) groups is 2. The quantitative estimate of drug-likeness (QED) is 0.720. The van der Waals surface area contributed by atoms with Crippen molar-refractivity contribution < 1.29 is 14.3 Å². The molecule has 0 aromatic heterocycles. The van der Waals surface area contributed by atoms with Gasteiger partial charge in [-0.15, -0.1) is 0 Å². The molecule has 2 amide bonds. The highest BCUT2D eigenvalue weighted by Gasteiger charge is 2.30. The predicted octanol–water partition coefficient (Wildman–Crippen LogP) is 3.49. The number of ether oxygens (including phenoxy) is 1. The van der Waals surface area contributed by atoms with Crippen LogP contribution in [-0.4, -0.2) is 60.9 Å². The Kier molecular flexibility index (Phi) is 8.28. The van der Waals surface area contributed by atoms with E-state index in [-0.39, 0.29) is 17.7 Å². The fourth-order valence-electron chi connectivity index (χ4n) is 4.10. The van der Waals surface area contributed by atoms with Crippen LogP contribution in [0.15, 0.2) is 48.5 Å². The van der Waals surface area contributed by atoms with Crippen molar-refractivity contribution in [1.29, 1.82) is 0 Å². The highest BCUT2D eigenvalue weighted by Crippen LogP contribution is 2.16. The third-order valence-electron chi connectivity index (χ3n) is 6.07. The standard InChI is InChI=1S/C26H35N3O3/c1-19(2)24(27-25(30)23-9-6-5-8-20(23)3)26(31)29-15-7-14-28(16-17-29)18-21-10-12-22(32-4)13-11-21/h5-6,8-13,19,24H,7,14-18H2,1-4H3,(H,27,30). The number of hydrogen-bond acceptors (Lipinski definition) is 4. The molecule has 1 saturated heterocycles. The number of hydrogen-bond donors (Lipinski definition) is 1. The van der Waals surface area contributed by atoms with E-state index in [1.54, 1.807) is 13.2 Å². The Morgan fingerprint density at radius 3 is 2.38 bits per heavy atom. The second kappa shape index (κ2) is 11.1. The molecule has 1 fully saturated rings. The van der Waals surface area contributed by atoms with Gasteiger partial charge in [0.05, 0.1) is 7.11 Å². The van der Waals surface area contributed by atoms with Gasteiger partial charge in [-0.3, -0.25) is 14.5 Å². The first-order valence-corrected chi connectivity index (χ1v) is 11.4. The lowest BCUT2D eigenvalue weighted by Crippen LogP contribution is -2.52. The van der Waals surface area contributed by atoms with Crippen molar-refractivity contribution in [3.05, 3.63) is 65.2 Å². The van der Waals surface area contributed by atoms with E-state index in [4.69, 9.17) is 4.74 Å². The Morgan fingerprint density at radius 1 is 1.00 bits per heavy atom. The average molecular weight is 438 g/mol. The van der Waals surface area contributed by atoms with Crippen LogP contribution in [0, 0.1) is 12.8 Å². The van der Waals surface area contributed by atoms with Gasteiger partial charge in [0.15, 0.2) is 0 Å². The van der Waals surface area contributed by atoms with Crippen LogP contribution in [0.4, 0.5) is 0 Å². The summed E-state index contributed by atoms with van der Waals surface area (Å²) in [6, 6.07) is 15.1. The molecular formula is C26H35N3O3. The number of methoxy groups -OCH3 is 1. The number of aryl methyl sites for hydroxylation is 1. The topological polar surface area (TPSA) is 61.9 Å². The van der Waals surface area contributed by atoms with Crippen LogP contribution < -0.4 is 10.1 Å². The highest BCUT2D eigenvalue weighted by molar-refractivity contribution is 5.98. The van der Waals surface area contributed by atoms with E-state index in [9.17, 15) is 9.59 Å². The Morgan fingerprint density at radius 2 is 1.72 bits per heavy atom. The first-order valence-electron chi connectivity index (χ1n) is 11.4. The molecule has 0 bridgehead atoms. The zero-order valence-electron chi connectivity index (χ0n) is 19.6. The van der Waals surface area contributed by atoms with Gasteiger partial charge in [-0.2, -0.15) is 0 Å². The van der Waals surface area contributed by atoms with E-state index in [2.05, 4.69) is 22.3 Å². The molecule has 1 aliphatic rings. The summed E-state index contributed by atoms with van der Waals surface area (Å²) < 4.78 is 5.24. The molecule has 0 radical (unpaired) electrons. The summed E-state index contributed by atoms with van der Waals surface area (Å²) in [6.45, 7) is 9.85. The van der Waals surface area contributed by atoms with E-state index in [1.165, 1.54) is 5.56 Å². The summed E-state index contributed by atoms with van der Waals surface area (Å²) in [6.07, 6.45) is 0.915. The lowest BCUT2D eigenvalue weighted by atomic mass is 10.0. The van der Waals surface area contributed by atoms with Crippen LogP contribution in [-0.2, 0) is 11.3 Å². The van der Waals surface area contributed by atoms with E-state index >= 15 is 0 Å². The summed E-state index contributed by atoms with van der Waals surface area (Å²) in [5, 5.41) is 3.00. The first-order chi connectivity index (χ1) is 15.4. The zero-order chi connectivity index (χ0) is 23.1. The van der Waals surface area contributed by atoms with Crippen LogP contribution in [0.25, 0.3) is 0 Å². The van der Waals surface area contributed by atoms with Crippen molar-refractivity contribution in [3.63, 3.8) is 0 Å². The first kappa shape index (κ1) is 23.8. The monoisotopic (exact) mass is 437 g/mol. The number of amides is 2. The minimum atomic E-state index is -0.532. The van der Waals surface area contributed by atoms with Crippen molar-refractivity contribution in [1.82, 2.24) is 15.1 Å². The number of nitrogens with zero attached hydrogens (tertiary/aromatic N) is 2. The minimum absolute atomic E-state index is 0.00762. The number of carbonyl (C=O) groups excluding carboxylic acids is 2. The summed E-state index contributed by atoms with van der Waals surface area (Å²) in [5.74, 6) is 0.683. The lowest BCUT2D eigenvalue weighted by Gasteiger charge is -2.29. The fourth-order valence-corrected chi connectivity index (χ4v) is 4.10. The fraction of sp³-hybridized carbons (Fsp3) is 0.462. The van der Waals surface area contributed by atoms with Crippen molar-refractivity contribution in [2.75, 3.05) is 33.3 Å². The number of nitrogens with one attached hydrogen (secondary N) is 1. The summed E-state index contributed by atoms with van der Waals surface area (Å²) in [7, 11) is 1.67. The molecule has 32 heavy (non-hydrogen) atoms. The average Bonchev–Trinajstić information content (AvgIpc) is 3.03. The van der Waals surface area contributed by atoms with Crippen LogP contribution >= 0.6 is 0 Å². The molecule has 2 aromatic rings. The highest BCUT2D eigenvalue weighted by atomic mass is 16.5. The Labute approximate surface area is 191 Å². The van der Waals surface area contributed by atoms with Gasteiger partial charge in [0.1, 0.15) is 11.8 Å². The molecule has 2 aromatic carbocycles. The molecule has 3 rings (SSSR count). The molecule has 1 aliphatic heterocycles. The molecular weight excluding hydrogens is 402 g/mol. The smallest absolute Gasteiger partial charge is 0.252 e. The van der Waals surface area contributed by atoms with E-state index in [1.807, 2.05) is 56.0 Å².